The predicted molar refractivity (Wildman–Crippen MR) is 86.5 cm³/mol. The molecule has 0 saturated carbocycles. The molecule has 0 aliphatic heterocycles. The van der Waals surface area contributed by atoms with Crippen molar-refractivity contribution < 1.29 is 25.5 Å². The van der Waals surface area contributed by atoms with Crippen LogP contribution < -0.4 is 10.6 Å². The van der Waals surface area contributed by atoms with E-state index in [9.17, 15) is 15.3 Å². The second kappa shape index (κ2) is 10.5. The topological polar surface area (TPSA) is 125 Å². The molecule has 0 aliphatic carbocycles. The molecule has 0 saturated heterocycles. The number of aliphatic hydroxyl groups is 4. The summed E-state index contributed by atoms with van der Waals surface area (Å²) in [5.41, 5.74) is 1.61. The fraction of sp³-hybridized carbons (Fsp3) is 0.625. The number of benzene rings is 1. The quantitative estimate of drug-likeness (QED) is 0.224. The van der Waals surface area contributed by atoms with Crippen LogP contribution >= 0.6 is 0 Å². The Kier molecular flexibility index (Phi) is 9.08. The summed E-state index contributed by atoms with van der Waals surface area (Å²) in [6, 6.07) is 4.93. The van der Waals surface area contributed by atoms with Crippen LogP contribution in [0.4, 0.5) is 0 Å². The summed E-state index contributed by atoms with van der Waals surface area (Å²) in [5.74, 6) is 0.0600. The van der Waals surface area contributed by atoms with Crippen LogP contribution in [0.15, 0.2) is 18.2 Å². The number of phenolic OH excluding ortho intramolecular Hbond substituents is 1. The number of hydrogen-bond donors (Lipinski definition) is 7. The summed E-state index contributed by atoms with van der Waals surface area (Å²) in [7, 11) is 0. The van der Waals surface area contributed by atoms with Gasteiger partial charge in [-0.3, -0.25) is 10.6 Å². The number of hydrogen-bond acceptors (Lipinski definition) is 7. The molecule has 0 bridgehead atoms. The molecule has 0 radical (unpaired) electrons. The van der Waals surface area contributed by atoms with Crippen LogP contribution in [-0.4, -0.2) is 51.2 Å². The van der Waals surface area contributed by atoms with E-state index in [-0.39, 0.29) is 5.75 Å². The maximum absolute atomic E-state index is 9.76. The van der Waals surface area contributed by atoms with Crippen LogP contribution in [0.3, 0.4) is 0 Å². The van der Waals surface area contributed by atoms with Crippen molar-refractivity contribution in [2.75, 3.05) is 13.2 Å². The highest BCUT2D eigenvalue weighted by Gasteiger charge is 2.20. The highest BCUT2D eigenvalue weighted by atomic mass is 16.3. The second-order valence-electron chi connectivity index (χ2n) is 5.50. The van der Waals surface area contributed by atoms with Gasteiger partial charge in [-0.1, -0.05) is 25.8 Å². The molecular weight excluding hydrogens is 300 g/mol. The van der Waals surface area contributed by atoms with Gasteiger partial charge in [0.05, 0.1) is 19.4 Å². The van der Waals surface area contributed by atoms with Crippen LogP contribution in [0.5, 0.6) is 5.75 Å². The lowest BCUT2D eigenvalue weighted by atomic mass is 9.98. The Hall–Kier alpha value is -1.22. The number of aryl methyl sites for hydroxylation is 1. The number of aromatic hydroxyl groups is 1. The zero-order valence-corrected chi connectivity index (χ0v) is 13.4. The van der Waals surface area contributed by atoms with Gasteiger partial charge < -0.3 is 25.5 Å². The van der Waals surface area contributed by atoms with Gasteiger partial charge in [0.15, 0.2) is 0 Å². The largest absolute Gasteiger partial charge is 0.508 e. The molecule has 2 unspecified atom stereocenters. The summed E-state index contributed by atoms with van der Waals surface area (Å²) in [6.07, 6.45) is 0.779. The third-order valence-corrected chi connectivity index (χ3v) is 3.55. The number of phenols is 1. The monoisotopic (exact) mass is 328 g/mol. The molecule has 1 rings (SSSR count). The van der Waals surface area contributed by atoms with Gasteiger partial charge in [0.25, 0.3) is 0 Å². The van der Waals surface area contributed by atoms with E-state index >= 15 is 0 Å². The van der Waals surface area contributed by atoms with Crippen LogP contribution in [0.25, 0.3) is 0 Å². The third kappa shape index (κ3) is 6.82. The van der Waals surface area contributed by atoms with Gasteiger partial charge >= 0.3 is 0 Å². The minimum atomic E-state index is -1.20. The lowest BCUT2D eigenvalue weighted by molar-refractivity contribution is 0.0208. The summed E-state index contributed by atoms with van der Waals surface area (Å²) in [5, 5.41) is 52.5. The van der Waals surface area contributed by atoms with Crippen LogP contribution in [-0.2, 0) is 6.42 Å². The third-order valence-electron chi connectivity index (χ3n) is 3.55. The van der Waals surface area contributed by atoms with Gasteiger partial charge in [0.1, 0.15) is 18.2 Å². The zero-order chi connectivity index (χ0) is 17.2. The van der Waals surface area contributed by atoms with E-state index in [0.29, 0.717) is 5.56 Å². The van der Waals surface area contributed by atoms with Crippen LogP contribution in [0.1, 0.15) is 43.5 Å². The van der Waals surface area contributed by atoms with Crippen LogP contribution in [0.2, 0.25) is 0 Å². The fourth-order valence-electron chi connectivity index (χ4n) is 2.36. The van der Waals surface area contributed by atoms with E-state index in [2.05, 4.69) is 17.6 Å². The lowest BCUT2D eigenvalue weighted by Gasteiger charge is -2.27. The Morgan fingerprint density at radius 1 is 1.00 bits per heavy atom. The molecule has 7 heteroatoms. The van der Waals surface area contributed by atoms with Crippen molar-refractivity contribution in [1.29, 1.82) is 0 Å². The van der Waals surface area contributed by atoms with Gasteiger partial charge in [0, 0.05) is 0 Å². The summed E-state index contributed by atoms with van der Waals surface area (Å²) < 4.78 is 0. The average Bonchev–Trinajstić information content (AvgIpc) is 2.55. The molecule has 1 aromatic rings. The first kappa shape index (κ1) is 19.8. The molecule has 7 N–H and O–H groups in total. The van der Waals surface area contributed by atoms with Crippen molar-refractivity contribution in [1.82, 2.24) is 10.6 Å². The summed E-state index contributed by atoms with van der Waals surface area (Å²) in [6.45, 7) is 1.10. The van der Waals surface area contributed by atoms with E-state index in [1.54, 1.807) is 18.2 Å². The first-order chi connectivity index (χ1) is 11.0. The smallest absolute Gasteiger partial charge is 0.129 e. The highest BCUT2D eigenvalue weighted by molar-refractivity contribution is 5.37. The number of aliphatic hydroxyl groups excluding tert-OH is 4. The molecule has 0 fully saturated rings. The van der Waals surface area contributed by atoms with Crippen molar-refractivity contribution in [3.05, 3.63) is 29.3 Å². The van der Waals surface area contributed by atoms with Crippen molar-refractivity contribution in [3.63, 3.8) is 0 Å². The molecule has 2 atom stereocenters. The zero-order valence-electron chi connectivity index (χ0n) is 13.4. The Bertz CT molecular complexity index is 446. The summed E-state index contributed by atoms with van der Waals surface area (Å²) >= 11 is 0. The number of nitrogens with one attached hydrogen (secondary N) is 2. The van der Waals surface area contributed by atoms with Crippen molar-refractivity contribution in [2.24, 2.45) is 0 Å². The second-order valence-corrected chi connectivity index (χ2v) is 5.50. The Labute approximate surface area is 136 Å². The minimum Gasteiger partial charge on any atom is -0.508 e. The molecular formula is C16H28N2O5. The molecule has 0 aliphatic rings. The first-order valence-corrected chi connectivity index (χ1v) is 7.93. The molecule has 132 valence electrons. The molecule has 0 amide bonds. The Morgan fingerprint density at radius 3 is 2.13 bits per heavy atom. The molecule has 0 aromatic heterocycles. The van der Waals surface area contributed by atoms with E-state index in [1.807, 2.05) is 0 Å². The van der Waals surface area contributed by atoms with Gasteiger partial charge in [-0.15, -0.1) is 0 Å². The normalized spacial score (nSPS) is 15.3. The Morgan fingerprint density at radius 2 is 1.61 bits per heavy atom. The van der Waals surface area contributed by atoms with Crippen molar-refractivity contribution in [3.8, 4) is 5.75 Å². The molecule has 1 aromatic carbocycles. The maximum Gasteiger partial charge on any atom is 0.129 e. The van der Waals surface area contributed by atoms with Gasteiger partial charge in [-0.2, -0.15) is 0 Å². The lowest BCUT2D eigenvalue weighted by Crippen LogP contribution is -2.47. The van der Waals surface area contributed by atoms with E-state index in [4.69, 9.17) is 10.2 Å². The van der Waals surface area contributed by atoms with E-state index < -0.39 is 31.8 Å². The van der Waals surface area contributed by atoms with E-state index in [1.165, 1.54) is 0 Å². The highest BCUT2D eigenvalue weighted by Crippen LogP contribution is 2.24. The minimum absolute atomic E-state index is 0.0600. The van der Waals surface area contributed by atoms with Crippen LogP contribution in [0, 0.1) is 0 Å². The van der Waals surface area contributed by atoms with Crippen molar-refractivity contribution >= 4 is 0 Å². The summed E-state index contributed by atoms with van der Waals surface area (Å²) in [4.78, 5) is 0. The molecule has 0 spiro atoms. The molecule has 7 nitrogen and oxygen atoms in total. The number of unbranched alkanes of at least 4 members (excludes halogenated alkanes) is 2. The number of rotatable bonds is 11. The fourth-order valence-corrected chi connectivity index (χ4v) is 2.36. The molecule has 23 heavy (non-hydrogen) atoms. The van der Waals surface area contributed by atoms with Gasteiger partial charge in [0.2, 0.25) is 0 Å². The van der Waals surface area contributed by atoms with Crippen molar-refractivity contribution in [2.45, 2.75) is 51.2 Å². The standard InChI is InChI=1S/C16H28N2O5/c1-2-3-4-5-11-6-7-12(21)8-13(11)16(17-14(22)9-19)18-15(23)10-20/h6-8,14-23H,2-5,9-10H2,1H3. The predicted octanol–water partition coefficient (Wildman–Crippen LogP) is -0.0759. The van der Waals surface area contributed by atoms with Gasteiger partial charge in [-0.25, -0.2) is 0 Å². The average molecular weight is 328 g/mol. The van der Waals surface area contributed by atoms with E-state index in [0.717, 1.165) is 31.2 Å². The SMILES string of the molecule is CCCCCc1ccc(O)cc1C(NC(O)CO)NC(O)CO. The molecule has 0 heterocycles. The van der Waals surface area contributed by atoms with Gasteiger partial charge in [-0.05, 0) is 36.1 Å². The first-order valence-electron chi connectivity index (χ1n) is 7.93. The Balaban J connectivity index is 3.02. The maximum atomic E-state index is 9.76.